The highest BCUT2D eigenvalue weighted by Crippen LogP contribution is 2.43. The maximum Gasteiger partial charge on any atom is 0.171 e. The van der Waals surface area contributed by atoms with E-state index >= 15 is 0 Å². The molecular formula is C15H17FN4. The topological polar surface area (TPSA) is 41.1 Å². The number of nitrogens with one attached hydrogen (secondary N) is 1. The summed E-state index contributed by atoms with van der Waals surface area (Å²) in [4.78, 5) is 10.6. The van der Waals surface area contributed by atoms with Gasteiger partial charge in [-0.05, 0) is 24.1 Å². The number of halogens is 1. The molecule has 1 aromatic carbocycles. The third-order valence-electron chi connectivity index (χ3n) is 3.51. The van der Waals surface area contributed by atoms with Crippen LogP contribution < -0.4 is 10.2 Å². The largest absolute Gasteiger partial charge is 0.364 e. The number of rotatable bonds is 4. The summed E-state index contributed by atoms with van der Waals surface area (Å²) in [5.74, 6) is 1.86. The molecule has 4 nitrogen and oxygen atoms in total. The van der Waals surface area contributed by atoms with E-state index in [4.69, 9.17) is 0 Å². The number of benzene rings is 1. The van der Waals surface area contributed by atoms with Gasteiger partial charge in [-0.2, -0.15) is 0 Å². The number of hydrogen-bond acceptors (Lipinski definition) is 4. The van der Waals surface area contributed by atoms with Gasteiger partial charge in [0.05, 0.1) is 0 Å². The lowest BCUT2D eigenvalue weighted by Crippen LogP contribution is -2.16. The van der Waals surface area contributed by atoms with Crippen LogP contribution >= 0.6 is 0 Å². The molecule has 0 spiro atoms. The number of anilines is 2. The molecule has 1 aromatic heterocycles. The molecule has 0 aliphatic heterocycles. The second-order valence-corrected chi connectivity index (χ2v) is 5.27. The van der Waals surface area contributed by atoms with Crippen LogP contribution in [0, 0.1) is 5.82 Å². The van der Waals surface area contributed by atoms with Crippen LogP contribution in [0.3, 0.4) is 0 Å². The summed E-state index contributed by atoms with van der Waals surface area (Å²) < 4.78 is 12.9. The number of aromatic nitrogens is 2. The second kappa shape index (κ2) is 5.07. The minimum absolute atomic E-state index is 0.192. The Morgan fingerprint density at radius 1 is 1.15 bits per heavy atom. The van der Waals surface area contributed by atoms with Crippen LogP contribution in [0.5, 0.6) is 0 Å². The van der Waals surface area contributed by atoms with E-state index in [1.807, 2.05) is 31.1 Å². The molecule has 3 rings (SSSR count). The quantitative estimate of drug-likeness (QED) is 0.929. The Labute approximate surface area is 117 Å². The molecule has 1 fully saturated rings. The summed E-state index contributed by atoms with van der Waals surface area (Å²) in [6.07, 6.45) is 4.41. The van der Waals surface area contributed by atoms with Crippen molar-refractivity contribution in [2.24, 2.45) is 0 Å². The zero-order valence-electron chi connectivity index (χ0n) is 11.5. The Morgan fingerprint density at radius 2 is 1.85 bits per heavy atom. The van der Waals surface area contributed by atoms with E-state index in [-0.39, 0.29) is 5.82 Å². The Bertz CT molecular complexity index is 597. The van der Waals surface area contributed by atoms with Gasteiger partial charge in [0, 0.05) is 38.4 Å². The van der Waals surface area contributed by atoms with E-state index in [9.17, 15) is 4.39 Å². The normalized spacial score (nSPS) is 20.6. The first kappa shape index (κ1) is 12.8. The molecule has 2 atom stereocenters. The summed E-state index contributed by atoms with van der Waals surface area (Å²) in [7, 11) is 3.89. The first-order valence-corrected chi connectivity index (χ1v) is 6.65. The monoisotopic (exact) mass is 272 g/mol. The van der Waals surface area contributed by atoms with Gasteiger partial charge in [-0.15, -0.1) is 0 Å². The lowest BCUT2D eigenvalue weighted by Gasteiger charge is -2.15. The Morgan fingerprint density at radius 3 is 2.55 bits per heavy atom. The van der Waals surface area contributed by atoms with E-state index in [1.165, 1.54) is 17.7 Å². The highest BCUT2D eigenvalue weighted by Gasteiger charge is 2.39. The van der Waals surface area contributed by atoms with Gasteiger partial charge < -0.3 is 10.2 Å². The van der Waals surface area contributed by atoms with Crippen molar-refractivity contribution in [1.29, 1.82) is 0 Å². The molecule has 0 unspecified atom stereocenters. The van der Waals surface area contributed by atoms with Crippen molar-refractivity contribution < 1.29 is 4.39 Å². The maximum atomic E-state index is 12.9. The molecule has 1 aliphatic rings. The van der Waals surface area contributed by atoms with Gasteiger partial charge in [0.1, 0.15) is 5.82 Å². The van der Waals surface area contributed by atoms with Crippen LogP contribution in [0.2, 0.25) is 0 Å². The average Bonchev–Trinajstić information content (AvgIpc) is 3.19. The molecule has 1 saturated carbocycles. The van der Waals surface area contributed by atoms with Crippen molar-refractivity contribution in [3.63, 3.8) is 0 Å². The van der Waals surface area contributed by atoms with Crippen LogP contribution in [0.4, 0.5) is 16.0 Å². The van der Waals surface area contributed by atoms with E-state index in [2.05, 4.69) is 15.3 Å². The van der Waals surface area contributed by atoms with Crippen molar-refractivity contribution in [2.75, 3.05) is 24.3 Å². The van der Waals surface area contributed by atoms with E-state index in [0.717, 1.165) is 18.1 Å². The lowest BCUT2D eigenvalue weighted by atomic mass is 10.1. The molecule has 104 valence electrons. The first-order chi connectivity index (χ1) is 9.65. The second-order valence-electron chi connectivity index (χ2n) is 5.27. The summed E-state index contributed by atoms with van der Waals surface area (Å²) in [5.41, 5.74) is 1.17. The van der Waals surface area contributed by atoms with Gasteiger partial charge in [0.15, 0.2) is 11.6 Å². The maximum absolute atomic E-state index is 12.9. The fraction of sp³-hybridized carbons (Fsp3) is 0.333. The minimum atomic E-state index is -0.192. The molecule has 0 radical (unpaired) electrons. The van der Waals surface area contributed by atoms with E-state index in [0.29, 0.717) is 12.0 Å². The van der Waals surface area contributed by atoms with Crippen molar-refractivity contribution in [3.05, 3.63) is 48.0 Å². The zero-order valence-corrected chi connectivity index (χ0v) is 11.5. The SMILES string of the molecule is CN(C)c1nccnc1N[C@@H]1C[C@H]1c1ccc(F)cc1. The predicted octanol–water partition coefficient (Wildman–Crippen LogP) is 2.65. The third kappa shape index (κ3) is 2.57. The van der Waals surface area contributed by atoms with E-state index in [1.54, 1.807) is 12.4 Å². The molecule has 2 aromatic rings. The molecular weight excluding hydrogens is 255 g/mol. The molecule has 1 heterocycles. The number of nitrogens with zero attached hydrogens (tertiary/aromatic N) is 3. The fourth-order valence-corrected chi connectivity index (χ4v) is 2.37. The smallest absolute Gasteiger partial charge is 0.171 e. The summed E-state index contributed by atoms with van der Waals surface area (Å²) >= 11 is 0. The summed E-state index contributed by atoms with van der Waals surface area (Å²) in [6.45, 7) is 0. The zero-order chi connectivity index (χ0) is 14.1. The van der Waals surface area contributed by atoms with Crippen molar-refractivity contribution in [2.45, 2.75) is 18.4 Å². The molecule has 0 saturated heterocycles. The van der Waals surface area contributed by atoms with Gasteiger partial charge in [-0.3, -0.25) is 0 Å². The summed E-state index contributed by atoms with van der Waals surface area (Å²) in [5, 5.41) is 3.42. The summed E-state index contributed by atoms with van der Waals surface area (Å²) in [6, 6.07) is 7.07. The Kier molecular flexibility index (Phi) is 3.26. The van der Waals surface area contributed by atoms with Gasteiger partial charge in [-0.25, -0.2) is 14.4 Å². The van der Waals surface area contributed by atoms with Crippen LogP contribution in [-0.2, 0) is 0 Å². The minimum Gasteiger partial charge on any atom is -0.364 e. The van der Waals surface area contributed by atoms with Gasteiger partial charge >= 0.3 is 0 Å². The van der Waals surface area contributed by atoms with Crippen molar-refractivity contribution in [1.82, 2.24) is 9.97 Å². The standard InChI is InChI=1S/C15H17FN4/c1-20(2)15-14(17-7-8-18-15)19-13-9-12(13)10-3-5-11(16)6-4-10/h3-8,12-13H,9H2,1-2H3,(H,17,19)/t12-,13+/m0/s1. The van der Waals surface area contributed by atoms with Gasteiger partial charge in [0.25, 0.3) is 0 Å². The molecule has 5 heteroatoms. The first-order valence-electron chi connectivity index (χ1n) is 6.65. The van der Waals surface area contributed by atoms with Crippen molar-refractivity contribution in [3.8, 4) is 0 Å². The van der Waals surface area contributed by atoms with Crippen LogP contribution in [0.25, 0.3) is 0 Å². The molecule has 0 bridgehead atoms. The van der Waals surface area contributed by atoms with Crippen LogP contribution in [0.1, 0.15) is 17.9 Å². The highest BCUT2D eigenvalue weighted by atomic mass is 19.1. The molecule has 1 aliphatic carbocycles. The molecule has 1 N–H and O–H groups in total. The Balaban J connectivity index is 1.71. The number of hydrogen-bond donors (Lipinski definition) is 1. The third-order valence-corrected chi connectivity index (χ3v) is 3.51. The van der Waals surface area contributed by atoms with E-state index < -0.39 is 0 Å². The van der Waals surface area contributed by atoms with Crippen LogP contribution in [-0.4, -0.2) is 30.1 Å². The fourth-order valence-electron chi connectivity index (χ4n) is 2.37. The van der Waals surface area contributed by atoms with Gasteiger partial charge in [-0.1, -0.05) is 12.1 Å². The van der Waals surface area contributed by atoms with Gasteiger partial charge in [0.2, 0.25) is 0 Å². The van der Waals surface area contributed by atoms with Crippen molar-refractivity contribution >= 4 is 11.6 Å². The lowest BCUT2D eigenvalue weighted by molar-refractivity contribution is 0.627. The average molecular weight is 272 g/mol. The molecule has 0 amide bonds. The highest BCUT2D eigenvalue weighted by molar-refractivity contribution is 5.61. The Hall–Kier alpha value is -2.17. The molecule has 20 heavy (non-hydrogen) atoms. The van der Waals surface area contributed by atoms with Crippen LogP contribution in [0.15, 0.2) is 36.7 Å². The predicted molar refractivity (Wildman–Crippen MR) is 77.5 cm³/mol.